The van der Waals surface area contributed by atoms with Crippen LogP contribution in [-0.4, -0.2) is 46.9 Å². The Kier molecular flexibility index (Phi) is 7.03. The Bertz CT molecular complexity index is 529. The van der Waals surface area contributed by atoms with Crippen LogP contribution in [0.2, 0.25) is 0 Å². The monoisotopic (exact) mass is 318 g/mol. The zero-order valence-corrected chi connectivity index (χ0v) is 12.8. The van der Waals surface area contributed by atoms with E-state index in [1.807, 2.05) is 0 Å². The van der Waals surface area contributed by atoms with Crippen LogP contribution in [0.3, 0.4) is 0 Å². The highest BCUT2D eigenvalue weighted by Gasteiger charge is 2.13. The van der Waals surface area contributed by atoms with Crippen molar-refractivity contribution in [1.29, 1.82) is 0 Å². The van der Waals surface area contributed by atoms with Gasteiger partial charge in [-0.3, -0.25) is 0 Å². The van der Waals surface area contributed by atoms with Gasteiger partial charge in [-0.25, -0.2) is 13.1 Å². The van der Waals surface area contributed by atoms with Gasteiger partial charge < -0.3 is 15.2 Å². The number of rotatable bonds is 9. The summed E-state index contributed by atoms with van der Waals surface area (Å²) in [5.41, 5.74) is 6.08. The maximum Gasteiger partial charge on any atom is 0.240 e. The number of ether oxygens (including phenoxy) is 2. The van der Waals surface area contributed by atoms with Crippen LogP contribution >= 0.6 is 12.2 Å². The first-order valence-corrected chi connectivity index (χ1v) is 7.82. The fraction of sp³-hybridized carbons (Fsp3) is 0.417. The van der Waals surface area contributed by atoms with Crippen LogP contribution in [0.5, 0.6) is 0 Å². The second kappa shape index (κ2) is 8.28. The average Bonchev–Trinajstić information content (AvgIpc) is 2.43. The lowest BCUT2D eigenvalue weighted by Gasteiger charge is -2.08. The minimum absolute atomic E-state index is 0.161. The third-order valence-electron chi connectivity index (χ3n) is 2.42. The molecule has 1 aromatic rings. The molecule has 0 heterocycles. The summed E-state index contributed by atoms with van der Waals surface area (Å²) < 4.78 is 36.3. The first-order chi connectivity index (χ1) is 9.47. The van der Waals surface area contributed by atoms with E-state index < -0.39 is 10.0 Å². The summed E-state index contributed by atoms with van der Waals surface area (Å²) >= 11 is 4.81. The molecule has 0 atom stereocenters. The Morgan fingerprint density at radius 1 is 1.25 bits per heavy atom. The molecule has 0 saturated heterocycles. The molecule has 6 nitrogen and oxygen atoms in total. The van der Waals surface area contributed by atoms with Crippen LogP contribution in [0, 0.1) is 0 Å². The summed E-state index contributed by atoms with van der Waals surface area (Å²) in [6.07, 6.45) is 0. The number of thiocarbonyl (C=S) groups is 1. The predicted molar refractivity (Wildman–Crippen MR) is 80.2 cm³/mol. The molecular weight excluding hydrogens is 300 g/mol. The van der Waals surface area contributed by atoms with Gasteiger partial charge in [0.2, 0.25) is 10.0 Å². The summed E-state index contributed by atoms with van der Waals surface area (Å²) in [6, 6.07) is 6.07. The molecule has 0 spiro atoms. The van der Waals surface area contributed by atoms with Gasteiger partial charge in [-0.2, -0.15) is 0 Å². The molecule has 3 N–H and O–H groups in total. The van der Waals surface area contributed by atoms with E-state index >= 15 is 0 Å². The second-order valence-electron chi connectivity index (χ2n) is 3.89. The smallest absolute Gasteiger partial charge is 0.240 e. The molecule has 1 aromatic carbocycles. The van der Waals surface area contributed by atoms with Crippen molar-refractivity contribution in [2.75, 3.05) is 33.5 Å². The quantitative estimate of drug-likeness (QED) is 0.501. The molecule has 0 amide bonds. The van der Waals surface area contributed by atoms with Crippen LogP contribution in [-0.2, 0) is 19.5 Å². The van der Waals surface area contributed by atoms with Crippen LogP contribution < -0.4 is 10.5 Å². The molecule has 1 rings (SSSR count). The minimum atomic E-state index is -3.54. The molecule has 0 aromatic heterocycles. The van der Waals surface area contributed by atoms with E-state index in [9.17, 15) is 8.42 Å². The normalized spacial score (nSPS) is 11.4. The van der Waals surface area contributed by atoms with Crippen molar-refractivity contribution in [3.63, 3.8) is 0 Å². The fourth-order valence-corrected chi connectivity index (χ4v) is 2.52. The van der Waals surface area contributed by atoms with Gasteiger partial charge in [-0.15, -0.1) is 0 Å². The van der Waals surface area contributed by atoms with Crippen LogP contribution in [0.4, 0.5) is 0 Å². The fourth-order valence-electron chi connectivity index (χ4n) is 1.37. The Hall–Kier alpha value is -1.06. The molecule has 0 unspecified atom stereocenters. The second-order valence-corrected chi connectivity index (χ2v) is 6.10. The first kappa shape index (κ1) is 17.0. The Morgan fingerprint density at radius 3 is 2.45 bits per heavy atom. The third kappa shape index (κ3) is 5.51. The number of nitrogens with two attached hydrogens (primary N) is 1. The van der Waals surface area contributed by atoms with Gasteiger partial charge in [0.25, 0.3) is 0 Å². The third-order valence-corrected chi connectivity index (χ3v) is 4.13. The molecule has 0 aliphatic carbocycles. The maximum atomic E-state index is 11.9. The lowest BCUT2D eigenvalue weighted by molar-refractivity contribution is 0.0736. The van der Waals surface area contributed by atoms with E-state index in [1.54, 1.807) is 19.2 Å². The molecule has 0 aliphatic heterocycles. The molecule has 0 saturated carbocycles. The molecule has 0 aliphatic rings. The minimum Gasteiger partial charge on any atom is -0.389 e. The van der Waals surface area contributed by atoms with E-state index in [2.05, 4.69) is 4.72 Å². The zero-order valence-electron chi connectivity index (χ0n) is 11.2. The predicted octanol–water partition coefficient (Wildman–Crippen LogP) is 0.262. The molecule has 8 heteroatoms. The Labute approximate surface area is 124 Å². The van der Waals surface area contributed by atoms with Gasteiger partial charge in [0.1, 0.15) is 4.99 Å². The number of hydrogen-bond acceptors (Lipinski definition) is 5. The number of hydrogen-bond donors (Lipinski definition) is 2. The molecule has 0 radical (unpaired) electrons. The molecule has 0 fully saturated rings. The van der Waals surface area contributed by atoms with Crippen molar-refractivity contribution >= 4 is 27.2 Å². The van der Waals surface area contributed by atoms with Gasteiger partial charge in [0, 0.05) is 19.2 Å². The van der Waals surface area contributed by atoms with Gasteiger partial charge in [-0.1, -0.05) is 24.4 Å². The number of benzene rings is 1. The average molecular weight is 318 g/mol. The summed E-state index contributed by atoms with van der Waals surface area (Å²) in [4.78, 5) is 0.392. The van der Waals surface area contributed by atoms with Gasteiger partial charge in [0.05, 0.1) is 24.7 Å². The summed E-state index contributed by atoms with van der Waals surface area (Å²) in [5, 5.41) is 0. The van der Waals surface area contributed by atoms with E-state index in [-0.39, 0.29) is 23.0 Å². The summed E-state index contributed by atoms with van der Waals surface area (Å²) in [6.45, 7) is 1.39. The highest BCUT2D eigenvalue weighted by Crippen LogP contribution is 2.10. The Morgan fingerprint density at radius 2 is 1.90 bits per heavy atom. The van der Waals surface area contributed by atoms with Gasteiger partial charge in [0.15, 0.2) is 0 Å². The number of sulfonamides is 1. The van der Waals surface area contributed by atoms with E-state index in [0.29, 0.717) is 18.8 Å². The number of nitrogens with one attached hydrogen (secondary N) is 1. The molecule has 20 heavy (non-hydrogen) atoms. The molecule has 0 bridgehead atoms. The maximum absolute atomic E-state index is 11.9. The first-order valence-electron chi connectivity index (χ1n) is 5.93. The van der Waals surface area contributed by atoms with Crippen molar-refractivity contribution in [3.8, 4) is 0 Å². The summed E-state index contributed by atoms with van der Waals surface area (Å²) in [5.74, 6) is 0. The van der Waals surface area contributed by atoms with E-state index in [4.69, 9.17) is 27.4 Å². The van der Waals surface area contributed by atoms with E-state index in [0.717, 1.165) is 0 Å². The largest absolute Gasteiger partial charge is 0.389 e. The SMILES string of the molecule is COCCOCCNS(=O)(=O)c1ccc(C(N)=S)cc1. The van der Waals surface area contributed by atoms with Crippen molar-refractivity contribution < 1.29 is 17.9 Å². The van der Waals surface area contributed by atoms with Crippen molar-refractivity contribution in [1.82, 2.24) is 4.72 Å². The van der Waals surface area contributed by atoms with Crippen LogP contribution in [0.25, 0.3) is 0 Å². The van der Waals surface area contributed by atoms with E-state index in [1.165, 1.54) is 12.1 Å². The van der Waals surface area contributed by atoms with Gasteiger partial charge in [-0.05, 0) is 12.1 Å². The summed E-state index contributed by atoms with van der Waals surface area (Å²) in [7, 11) is -1.97. The highest BCUT2D eigenvalue weighted by atomic mass is 32.2. The highest BCUT2D eigenvalue weighted by molar-refractivity contribution is 7.89. The van der Waals surface area contributed by atoms with Crippen LogP contribution in [0.1, 0.15) is 5.56 Å². The molecule has 112 valence electrons. The van der Waals surface area contributed by atoms with Crippen LogP contribution in [0.15, 0.2) is 29.2 Å². The zero-order chi connectivity index (χ0) is 15.0. The van der Waals surface area contributed by atoms with Gasteiger partial charge >= 0.3 is 0 Å². The standard InChI is InChI=1S/C12H18N2O4S2/c1-17-8-9-18-7-6-14-20(15,16)11-4-2-10(3-5-11)12(13)19/h2-5,14H,6-9H2,1H3,(H2,13,19). The topological polar surface area (TPSA) is 90.6 Å². The van der Waals surface area contributed by atoms with Crippen molar-refractivity contribution in [3.05, 3.63) is 29.8 Å². The molecular formula is C12H18N2O4S2. The lowest BCUT2D eigenvalue weighted by atomic mass is 10.2. The number of methoxy groups -OCH3 is 1. The van der Waals surface area contributed by atoms with Crippen molar-refractivity contribution in [2.45, 2.75) is 4.90 Å². The Balaban J connectivity index is 2.49. The lowest BCUT2D eigenvalue weighted by Crippen LogP contribution is -2.28. The van der Waals surface area contributed by atoms with Crippen molar-refractivity contribution in [2.24, 2.45) is 5.73 Å².